The lowest BCUT2D eigenvalue weighted by molar-refractivity contribution is -0.141. The third-order valence-corrected chi connectivity index (χ3v) is 20.2. The lowest BCUT2D eigenvalue weighted by Crippen LogP contribution is -2.48. The quantitative estimate of drug-likeness (QED) is 0.0586. The van der Waals surface area contributed by atoms with E-state index < -0.39 is 39.9 Å². The van der Waals surface area contributed by atoms with Crippen molar-refractivity contribution in [2.24, 2.45) is 11.8 Å². The number of aromatic nitrogens is 5. The second-order valence-corrected chi connectivity index (χ2v) is 26.7. The van der Waals surface area contributed by atoms with E-state index in [-0.39, 0.29) is 47.8 Å². The predicted octanol–water partition coefficient (Wildman–Crippen LogP) is 8.70. The van der Waals surface area contributed by atoms with Crippen molar-refractivity contribution in [3.8, 4) is 29.2 Å². The summed E-state index contributed by atoms with van der Waals surface area (Å²) in [6.45, 7) is 9.60. The number of β-amino-alcohol motifs (C(OH)–C–C–N with tert-alkyl or cyclic N) is 1. The number of carbonyl (C=O) groups excluding carboxylic acids is 4. The molecule has 4 aromatic heterocycles. The summed E-state index contributed by atoms with van der Waals surface area (Å²) in [5, 5.41) is 26.3. The standard InChI is InChI=1S/C67H72N12O9S2/c1-6-43-19-20-46(56(33-43)87-5)36-68-64(82)55-34-48(80)39-78(55)66(84)61(41(2)3)57-35-60(73-88-57)76-31-29-75(30-32-76)47-21-23-49(24-22-47)90(85,86)74-65(83)62-50(52-37-69-79(42(52)4)38-44-13-8-7-9-14-44)25-26-59(71-62)77-28-27-45-15-12-16-51(53(45)40-77)63(81)72-67-70-54-17-10-11-18-58(54)89-67/h1,10-12,15-26,33,35,37,41,44,48,55,61,80H,7-9,13-14,27-32,34,36,38-40H2,2-5H3,(H,68,82)(H,74,83)(H,70,72,81)/t48-,55+,61+/m1/s1. The number of fused-ring (bicyclic) bond motifs is 2. The topological polar surface area (TPSA) is 251 Å². The molecule has 466 valence electrons. The Morgan fingerprint density at radius 3 is 2.39 bits per heavy atom. The third-order valence-electron chi connectivity index (χ3n) is 17.9. The molecule has 3 fully saturated rings. The number of carbonyl (C=O) groups is 4. The van der Waals surface area contributed by atoms with Crippen molar-refractivity contribution in [3.63, 3.8) is 0 Å². The van der Waals surface area contributed by atoms with Crippen LogP contribution in [0.5, 0.6) is 5.75 Å². The summed E-state index contributed by atoms with van der Waals surface area (Å²) in [5.41, 5.74) is 7.15. The zero-order valence-corrected chi connectivity index (χ0v) is 52.4. The molecule has 23 heteroatoms. The number of terminal acetylenes is 1. The van der Waals surface area contributed by atoms with Crippen molar-refractivity contribution >= 4 is 77.7 Å². The van der Waals surface area contributed by atoms with E-state index in [0.717, 1.165) is 52.1 Å². The molecule has 4 N–H and O–H groups in total. The Hall–Kier alpha value is -9.11. The first-order valence-electron chi connectivity index (χ1n) is 30.6. The number of aliphatic hydroxyl groups excluding tert-OH is 1. The number of benzene rings is 4. The molecule has 4 aromatic carbocycles. The van der Waals surface area contributed by atoms with Gasteiger partial charge in [0.1, 0.15) is 29.2 Å². The third kappa shape index (κ3) is 12.9. The van der Waals surface area contributed by atoms with E-state index >= 15 is 0 Å². The molecule has 0 spiro atoms. The number of thiazole rings is 1. The average molecular weight is 1250 g/mol. The van der Waals surface area contributed by atoms with Gasteiger partial charge in [0.2, 0.25) is 11.8 Å². The highest BCUT2D eigenvalue weighted by Gasteiger charge is 2.44. The van der Waals surface area contributed by atoms with Gasteiger partial charge in [-0.25, -0.2) is 23.1 Å². The molecule has 0 unspecified atom stereocenters. The number of amides is 4. The minimum Gasteiger partial charge on any atom is -0.496 e. The molecule has 1 saturated carbocycles. The van der Waals surface area contributed by atoms with Gasteiger partial charge < -0.3 is 39.3 Å². The van der Waals surface area contributed by atoms with Gasteiger partial charge in [-0.1, -0.05) is 85.9 Å². The first kappa shape index (κ1) is 61.1. The van der Waals surface area contributed by atoms with Crippen LogP contribution in [0.1, 0.15) is 113 Å². The molecule has 21 nitrogen and oxygen atoms in total. The van der Waals surface area contributed by atoms with Crippen molar-refractivity contribution in [2.75, 3.05) is 66.4 Å². The Balaban J connectivity index is 0.715. The number of anilines is 4. The summed E-state index contributed by atoms with van der Waals surface area (Å²) in [4.78, 5) is 73.8. The van der Waals surface area contributed by atoms with E-state index in [1.165, 1.54) is 54.7 Å². The molecule has 4 amide bonds. The van der Waals surface area contributed by atoms with Crippen LogP contribution in [0.4, 0.5) is 22.5 Å². The van der Waals surface area contributed by atoms with E-state index in [2.05, 4.69) is 36.3 Å². The monoisotopic (exact) mass is 1250 g/mol. The van der Waals surface area contributed by atoms with Crippen molar-refractivity contribution in [2.45, 2.75) is 108 Å². The Labute approximate surface area is 526 Å². The maximum atomic E-state index is 14.7. The number of nitrogens with one attached hydrogen (secondary N) is 3. The fourth-order valence-electron chi connectivity index (χ4n) is 12.9. The fourth-order valence-corrected chi connectivity index (χ4v) is 14.8. The number of nitrogens with zero attached hydrogens (tertiary/aromatic N) is 9. The van der Waals surface area contributed by atoms with E-state index in [1.54, 1.807) is 48.7 Å². The number of hydrogen-bond donors (Lipinski definition) is 4. The number of piperazine rings is 1. The summed E-state index contributed by atoms with van der Waals surface area (Å²) in [6.07, 6.45) is 12.9. The Morgan fingerprint density at radius 2 is 1.63 bits per heavy atom. The molecule has 2 saturated heterocycles. The summed E-state index contributed by atoms with van der Waals surface area (Å²) in [5.74, 6) is 1.94. The van der Waals surface area contributed by atoms with Gasteiger partial charge in [0.05, 0.1) is 34.5 Å². The van der Waals surface area contributed by atoms with E-state index in [4.69, 9.17) is 25.8 Å². The van der Waals surface area contributed by atoms with Gasteiger partial charge in [0.25, 0.3) is 21.8 Å². The van der Waals surface area contributed by atoms with Gasteiger partial charge in [-0.05, 0) is 116 Å². The summed E-state index contributed by atoms with van der Waals surface area (Å²) in [7, 11) is -2.92. The van der Waals surface area contributed by atoms with Gasteiger partial charge in [0, 0.05) is 111 Å². The Bertz CT molecular complexity index is 4130. The highest BCUT2D eigenvalue weighted by atomic mass is 32.2. The average Bonchev–Trinajstić information content (AvgIpc) is 2.00. The molecular formula is C67H72N12O9S2. The van der Waals surface area contributed by atoms with Crippen molar-refractivity contribution < 1.29 is 42.0 Å². The minimum atomic E-state index is -4.44. The van der Waals surface area contributed by atoms with Crippen LogP contribution in [0.3, 0.4) is 0 Å². The zero-order chi connectivity index (χ0) is 62.8. The van der Waals surface area contributed by atoms with Crippen LogP contribution in [0.2, 0.25) is 0 Å². The lowest BCUT2D eigenvalue weighted by Gasteiger charge is -2.36. The maximum Gasteiger partial charge on any atom is 0.284 e. The molecule has 4 aliphatic rings. The van der Waals surface area contributed by atoms with E-state index in [9.17, 15) is 32.7 Å². The van der Waals surface area contributed by atoms with Crippen LogP contribution >= 0.6 is 11.3 Å². The summed E-state index contributed by atoms with van der Waals surface area (Å²) < 4.78 is 45.3. The van der Waals surface area contributed by atoms with Crippen LogP contribution in [-0.2, 0) is 45.7 Å². The normalized spacial score (nSPS) is 17.5. The SMILES string of the molecule is C#Cc1ccc(CNC(=O)[C@@H]2C[C@@H](O)CN2C(=O)[C@H](c2cc(N3CCN(c4ccc(S(=O)(=O)NC(=O)c5nc(N6CCc7cccc(C(=O)Nc8nc9ccccc9s8)c7C6)ccc5-c5cnn(CC6CCCCC6)c5C)cc4)CC3)no2)C(C)C)c(OC)c1. The van der Waals surface area contributed by atoms with E-state index in [0.29, 0.717) is 108 Å². The number of likely N-dealkylation sites (tertiary alicyclic amines) is 1. The number of para-hydroxylation sites is 1. The first-order chi connectivity index (χ1) is 43.5. The molecule has 0 radical (unpaired) electrons. The maximum absolute atomic E-state index is 14.7. The number of ether oxygens (including phenoxy) is 1. The molecule has 7 heterocycles. The highest BCUT2D eigenvalue weighted by Crippen LogP contribution is 2.37. The Kier molecular flexibility index (Phi) is 17.8. The smallest absolute Gasteiger partial charge is 0.284 e. The zero-order valence-electron chi connectivity index (χ0n) is 50.7. The molecule has 1 aliphatic carbocycles. The van der Waals surface area contributed by atoms with Gasteiger partial charge in [-0.2, -0.15) is 5.10 Å². The van der Waals surface area contributed by atoms with Gasteiger partial charge in [-0.15, -0.1) is 6.42 Å². The highest BCUT2D eigenvalue weighted by molar-refractivity contribution is 7.90. The lowest BCUT2D eigenvalue weighted by atomic mass is 9.89. The number of sulfonamides is 1. The largest absolute Gasteiger partial charge is 0.496 e. The molecule has 90 heavy (non-hydrogen) atoms. The second-order valence-electron chi connectivity index (χ2n) is 23.9. The van der Waals surface area contributed by atoms with Crippen molar-refractivity contribution in [3.05, 3.63) is 154 Å². The summed E-state index contributed by atoms with van der Waals surface area (Å²) in [6, 6.07) is 29.5. The van der Waals surface area contributed by atoms with Crippen molar-refractivity contribution in [1.82, 2.24) is 39.8 Å². The second kappa shape index (κ2) is 26.1. The number of methoxy groups -OCH3 is 1. The van der Waals surface area contributed by atoms with Gasteiger partial charge >= 0.3 is 0 Å². The summed E-state index contributed by atoms with van der Waals surface area (Å²) >= 11 is 1.40. The molecule has 3 atom stereocenters. The predicted molar refractivity (Wildman–Crippen MR) is 344 cm³/mol. The molecule has 3 aliphatic heterocycles. The number of aliphatic hydroxyl groups is 1. The van der Waals surface area contributed by atoms with Crippen LogP contribution in [0, 0.1) is 31.1 Å². The Morgan fingerprint density at radius 1 is 0.856 bits per heavy atom. The van der Waals surface area contributed by atoms with Crippen molar-refractivity contribution in [1.29, 1.82) is 0 Å². The molecular weight excluding hydrogens is 1180 g/mol. The molecule has 0 bridgehead atoms. The number of pyridine rings is 1. The van der Waals surface area contributed by atoms with Gasteiger partial charge in [-0.3, -0.25) is 29.2 Å². The number of rotatable bonds is 18. The van der Waals surface area contributed by atoms with Crippen LogP contribution in [-0.4, -0.2) is 125 Å². The van der Waals surface area contributed by atoms with Gasteiger partial charge in [0.15, 0.2) is 16.7 Å². The molecule has 8 aromatic rings. The fraction of sp³-hybridized carbons (Fsp3) is 0.373. The van der Waals surface area contributed by atoms with E-state index in [1.807, 2.05) is 83.8 Å². The van der Waals surface area contributed by atoms with Crippen LogP contribution in [0.15, 0.2) is 119 Å². The van der Waals surface area contributed by atoms with Crippen LogP contribution in [0.25, 0.3) is 21.3 Å². The molecule has 12 rings (SSSR count). The number of hydrogen-bond acceptors (Lipinski definition) is 17. The van der Waals surface area contributed by atoms with Crippen LogP contribution < -0.4 is 34.8 Å². The first-order valence-corrected chi connectivity index (χ1v) is 32.9. The minimum absolute atomic E-state index is 0.0127.